The van der Waals surface area contributed by atoms with E-state index >= 15 is 0 Å². The number of benzene rings is 2. The van der Waals surface area contributed by atoms with E-state index in [2.05, 4.69) is 43.4 Å². The van der Waals surface area contributed by atoms with Gasteiger partial charge < -0.3 is 18.9 Å². The number of aromatic nitrogens is 1. The molecule has 1 aliphatic heterocycles. The van der Waals surface area contributed by atoms with Crippen LogP contribution in [0, 0.1) is 0 Å². The third-order valence-corrected chi connectivity index (χ3v) is 8.07. The molecule has 0 fully saturated rings. The lowest BCUT2D eigenvalue weighted by Gasteiger charge is -2.25. The average Bonchev–Trinajstić information content (AvgIpc) is 3.21. The minimum absolute atomic E-state index is 0.189. The van der Waals surface area contributed by atoms with Crippen LogP contribution in [0.15, 0.2) is 73.0 Å². The summed E-state index contributed by atoms with van der Waals surface area (Å²) in [6.07, 6.45) is 3.45. The van der Waals surface area contributed by atoms with E-state index in [1.54, 1.807) is 51.3 Å². The van der Waals surface area contributed by atoms with Crippen molar-refractivity contribution in [3.05, 3.63) is 94.0 Å². The number of methoxy groups -OCH3 is 2. The second kappa shape index (κ2) is 12.4. The molecule has 1 aliphatic rings. The van der Waals surface area contributed by atoms with Crippen LogP contribution in [0.5, 0.6) is 17.2 Å². The largest absolute Gasteiger partial charge is 0.493 e. The summed E-state index contributed by atoms with van der Waals surface area (Å²) in [5.74, 6) is 1.11. The number of ether oxygens (including phenoxy) is 4. The molecule has 39 heavy (non-hydrogen) atoms. The van der Waals surface area contributed by atoms with Crippen molar-refractivity contribution in [3.8, 4) is 17.2 Å². The maximum absolute atomic E-state index is 13.9. The number of allylic oxidation sites excluding steroid dienone is 1. The lowest BCUT2D eigenvalue weighted by molar-refractivity contribution is -0.139. The Kier molecular flexibility index (Phi) is 9.14. The lowest BCUT2D eigenvalue weighted by atomic mass is 9.95. The van der Waals surface area contributed by atoms with Gasteiger partial charge in [-0.25, -0.2) is 9.79 Å². The zero-order valence-corrected chi connectivity index (χ0v) is 25.7. The lowest BCUT2D eigenvalue weighted by Crippen LogP contribution is -2.40. The number of thiazole rings is 1. The van der Waals surface area contributed by atoms with Crippen molar-refractivity contribution in [2.75, 3.05) is 27.4 Å². The van der Waals surface area contributed by atoms with E-state index in [1.807, 2.05) is 12.1 Å². The monoisotopic (exact) mass is 676 g/mol. The van der Waals surface area contributed by atoms with Gasteiger partial charge in [-0.05, 0) is 87.2 Å². The average molecular weight is 678 g/mol. The predicted molar refractivity (Wildman–Crippen MR) is 157 cm³/mol. The zero-order valence-electron chi connectivity index (χ0n) is 21.7. The third-order valence-electron chi connectivity index (χ3n) is 5.90. The first-order chi connectivity index (χ1) is 18.7. The zero-order chi connectivity index (χ0) is 28.3. The molecule has 0 radical (unpaired) electrons. The summed E-state index contributed by atoms with van der Waals surface area (Å²) in [6, 6.07) is 8.26. The smallest absolute Gasteiger partial charge is 0.338 e. The van der Waals surface area contributed by atoms with E-state index in [0.29, 0.717) is 44.4 Å². The van der Waals surface area contributed by atoms with Crippen molar-refractivity contribution in [3.63, 3.8) is 0 Å². The maximum atomic E-state index is 13.9. The Bertz CT molecular complexity index is 1630. The number of hydrogen-bond donors (Lipinski definition) is 0. The molecule has 0 N–H and O–H groups in total. The Balaban J connectivity index is 1.92. The molecule has 0 saturated carbocycles. The molecular weight excluding hydrogens is 652 g/mol. The summed E-state index contributed by atoms with van der Waals surface area (Å²) >= 11 is 8.33. The van der Waals surface area contributed by atoms with E-state index in [-0.39, 0.29) is 17.7 Å². The van der Waals surface area contributed by atoms with Crippen LogP contribution in [0.3, 0.4) is 0 Å². The van der Waals surface area contributed by atoms with Crippen LogP contribution in [0.25, 0.3) is 6.08 Å². The van der Waals surface area contributed by atoms with Crippen molar-refractivity contribution in [1.29, 1.82) is 0 Å². The summed E-state index contributed by atoms with van der Waals surface area (Å²) in [6.45, 7) is 7.70. The number of carbonyl (C=O) groups is 1. The number of halogens is 2. The SMILES string of the molecule is C=CCOc1c(Br)cc(/C=c2\sc3n(c2=O)[C@@H](c2ccc(OC)c(OC)c2)C(C(=O)OCC)=C(C)N=3)cc1Br. The van der Waals surface area contributed by atoms with E-state index in [0.717, 1.165) is 14.5 Å². The molecule has 1 aromatic heterocycles. The Morgan fingerprint density at radius 3 is 2.46 bits per heavy atom. The van der Waals surface area contributed by atoms with Gasteiger partial charge >= 0.3 is 5.97 Å². The van der Waals surface area contributed by atoms with Crippen molar-refractivity contribution in [2.45, 2.75) is 19.9 Å². The molecule has 0 aliphatic carbocycles. The quantitative estimate of drug-likeness (QED) is 0.237. The number of carbonyl (C=O) groups excluding carboxylic acids is 1. The van der Waals surface area contributed by atoms with Gasteiger partial charge in [0.15, 0.2) is 16.3 Å². The van der Waals surface area contributed by atoms with Crippen LogP contribution in [-0.2, 0) is 9.53 Å². The van der Waals surface area contributed by atoms with Gasteiger partial charge in [0.2, 0.25) is 0 Å². The predicted octanol–water partition coefficient (Wildman–Crippen LogP) is 4.91. The van der Waals surface area contributed by atoms with Gasteiger partial charge in [-0.1, -0.05) is 30.1 Å². The van der Waals surface area contributed by atoms with Crippen LogP contribution in [-0.4, -0.2) is 38.0 Å². The number of esters is 1. The van der Waals surface area contributed by atoms with E-state index in [4.69, 9.17) is 18.9 Å². The molecule has 2 aromatic carbocycles. The summed E-state index contributed by atoms with van der Waals surface area (Å²) in [5.41, 5.74) is 1.92. The van der Waals surface area contributed by atoms with E-state index in [1.165, 1.54) is 23.0 Å². The van der Waals surface area contributed by atoms with Crippen LogP contribution in [0.4, 0.5) is 0 Å². The van der Waals surface area contributed by atoms with Crippen molar-refractivity contribution in [2.24, 2.45) is 4.99 Å². The standard InChI is InChI=1S/C28H26Br2N2O6S/c1-6-10-38-25-18(29)11-16(12-19(25)30)13-22-26(33)32-24(17-8-9-20(35-4)21(14-17)36-5)23(27(34)37-7-2)15(3)31-28(32)39-22/h6,8-9,11-14,24H,1,7,10H2,2-5H3/b22-13-/t24-/m0/s1. The van der Waals surface area contributed by atoms with Gasteiger partial charge in [-0.2, -0.15) is 0 Å². The second-order valence-corrected chi connectivity index (χ2v) is 11.0. The first-order valence-corrected chi connectivity index (χ1v) is 14.3. The minimum Gasteiger partial charge on any atom is -0.493 e. The van der Waals surface area contributed by atoms with Crippen molar-refractivity contribution in [1.82, 2.24) is 4.57 Å². The molecule has 204 valence electrons. The molecule has 0 saturated heterocycles. The Labute approximate surface area is 246 Å². The second-order valence-electron chi connectivity index (χ2n) is 8.33. The number of fused-ring (bicyclic) bond motifs is 1. The van der Waals surface area contributed by atoms with Crippen LogP contribution in [0.1, 0.15) is 31.0 Å². The first-order valence-electron chi connectivity index (χ1n) is 11.9. The third kappa shape index (κ3) is 5.75. The molecular formula is C28H26Br2N2O6S. The van der Waals surface area contributed by atoms with Crippen LogP contribution in [0.2, 0.25) is 0 Å². The molecule has 1 atom stereocenters. The number of hydrogen-bond acceptors (Lipinski definition) is 8. The minimum atomic E-state index is -0.768. The van der Waals surface area contributed by atoms with Gasteiger partial charge in [0.05, 0.1) is 51.6 Å². The molecule has 0 spiro atoms. The van der Waals surface area contributed by atoms with Crippen LogP contribution < -0.4 is 29.1 Å². The summed E-state index contributed by atoms with van der Waals surface area (Å²) in [4.78, 5) is 32.1. The van der Waals surface area contributed by atoms with Gasteiger partial charge in [0.1, 0.15) is 12.4 Å². The van der Waals surface area contributed by atoms with E-state index < -0.39 is 12.0 Å². The van der Waals surface area contributed by atoms with Crippen LogP contribution >= 0.6 is 43.2 Å². The Morgan fingerprint density at radius 2 is 1.85 bits per heavy atom. The molecule has 3 aromatic rings. The Morgan fingerprint density at radius 1 is 1.15 bits per heavy atom. The highest BCUT2D eigenvalue weighted by Gasteiger charge is 2.34. The highest BCUT2D eigenvalue weighted by Crippen LogP contribution is 2.37. The van der Waals surface area contributed by atoms with Gasteiger partial charge in [-0.15, -0.1) is 0 Å². The normalized spacial score (nSPS) is 14.9. The highest BCUT2D eigenvalue weighted by molar-refractivity contribution is 9.11. The van der Waals surface area contributed by atoms with Crippen molar-refractivity contribution < 1.29 is 23.7 Å². The fourth-order valence-electron chi connectivity index (χ4n) is 4.22. The molecule has 11 heteroatoms. The van der Waals surface area contributed by atoms with Gasteiger partial charge in [-0.3, -0.25) is 9.36 Å². The van der Waals surface area contributed by atoms with Gasteiger partial charge in [0, 0.05) is 0 Å². The fourth-order valence-corrected chi connectivity index (χ4v) is 6.72. The fraction of sp³-hybridized carbons (Fsp3) is 0.250. The molecule has 0 bridgehead atoms. The maximum Gasteiger partial charge on any atom is 0.338 e. The Hall–Kier alpha value is -3.15. The van der Waals surface area contributed by atoms with E-state index in [9.17, 15) is 9.59 Å². The summed E-state index contributed by atoms with van der Waals surface area (Å²) in [7, 11) is 3.08. The number of rotatable bonds is 9. The first kappa shape index (κ1) is 28.8. The number of nitrogens with zero attached hydrogens (tertiary/aromatic N) is 2. The summed E-state index contributed by atoms with van der Waals surface area (Å²) in [5, 5.41) is 0. The molecule has 2 heterocycles. The van der Waals surface area contributed by atoms with Gasteiger partial charge in [0.25, 0.3) is 5.56 Å². The summed E-state index contributed by atoms with van der Waals surface area (Å²) < 4.78 is 25.4. The van der Waals surface area contributed by atoms with Crippen molar-refractivity contribution >= 4 is 55.2 Å². The molecule has 0 amide bonds. The molecule has 4 rings (SSSR count). The topological polar surface area (TPSA) is 88.3 Å². The highest BCUT2D eigenvalue weighted by atomic mass is 79.9. The molecule has 8 nitrogen and oxygen atoms in total. The molecule has 0 unspecified atom stereocenters.